The van der Waals surface area contributed by atoms with Crippen LogP contribution in [0.3, 0.4) is 0 Å². The van der Waals surface area contributed by atoms with Gasteiger partial charge < -0.3 is 20.1 Å². The highest BCUT2D eigenvalue weighted by molar-refractivity contribution is 5.90. The SMILES string of the molecule is CC(C)OC(=O)N(C)[C@H](Cc1ccccc1)C(=O)N[C@@H](Cc1c[nH]c2ccccc12)C(=O)O. The van der Waals surface area contributed by atoms with Crippen LogP contribution in [0.5, 0.6) is 0 Å². The summed E-state index contributed by atoms with van der Waals surface area (Å²) in [4.78, 5) is 42.1. The van der Waals surface area contributed by atoms with Gasteiger partial charge in [-0.15, -0.1) is 0 Å². The first kappa shape index (κ1) is 23.8. The molecule has 1 aromatic heterocycles. The maximum Gasteiger partial charge on any atom is 0.410 e. The summed E-state index contributed by atoms with van der Waals surface area (Å²) in [5.74, 6) is -1.71. The highest BCUT2D eigenvalue weighted by Gasteiger charge is 2.32. The van der Waals surface area contributed by atoms with Crippen LogP contribution in [0.1, 0.15) is 25.0 Å². The predicted molar refractivity (Wildman–Crippen MR) is 125 cm³/mol. The number of likely N-dealkylation sites (N-methyl/N-ethyl adjacent to an activating group) is 1. The van der Waals surface area contributed by atoms with E-state index in [-0.39, 0.29) is 18.9 Å². The van der Waals surface area contributed by atoms with Crippen LogP contribution in [-0.4, -0.2) is 58.2 Å². The standard InChI is InChI=1S/C25H29N3O5/c1-16(2)33-25(32)28(3)22(13-17-9-5-4-6-10-17)23(29)27-21(24(30)31)14-18-15-26-20-12-8-7-11-19(18)20/h4-12,15-16,21-22,26H,13-14H2,1-3H3,(H,27,29)(H,30,31)/t21-,22+/m0/s1. The number of rotatable bonds is 9. The number of hydrogen-bond acceptors (Lipinski definition) is 4. The van der Waals surface area contributed by atoms with Gasteiger partial charge in [-0.1, -0.05) is 48.5 Å². The van der Waals surface area contributed by atoms with Crippen LogP contribution in [0, 0.1) is 0 Å². The molecule has 3 rings (SSSR count). The molecule has 3 aromatic rings. The van der Waals surface area contributed by atoms with Gasteiger partial charge in [0.2, 0.25) is 5.91 Å². The summed E-state index contributed by atoms with van der Waals surface area (Å²) in [6.45, 7) is 3.44. The van der Waals surface area contributed by atoms with E-state index in [1.165, 1.54) is 11.9 Å². The Balaban J connectivity index is 1.81. The fourth-order valence-corrected chi connectivity index (χ4v) is 3.64. The summed E-state index contributed by atoms with van der Waals surface area (Å²) in [5.41, 5.74) is 2.51. The zero-order valence-corrected chi connectivity index (χ0v) is 18.9. The molecule has 1 heterocycles. The Morgan fingerprint density at radius 2 is 1.70 bits per heavy atom. The Hall–Kier alpha value is -3.81. The van der Waals surface area contributed by atoms with Gasteiger partial charge >= 0.3 is 12.1 Å². The average Bonchev–Trinajstić information content (AvgIpc) is 3.19. The third kappa shape index (κ3) is 6.12. The van der Waals surface area contributed by atoms with Gasteiger partial charge in [0.25, 0.3) is 0 Å². The fraction of sp³-hybridized carbons (Fsp3) is 0.320. The van der Waals surface area contributed by atoms with Gasteiger partial charge in [0.1, 0.15) is 12.1 Å². The minimum atomic E-state index is -1.16. The summed E-state index contributed by atoms with van der Waals surface area (Å²) >= 11 is 0. The molecule has 8 nitrogen and oxygen atoms in total. The van der Waals surface area contributed by atoms with Crippen LogP contribution in [0.2, 0.25) is 0 Å². The molecule has 0 bridgehead atoms. The smallest absolute Gasteiger partial charge is 0.410 e. The molecule has 0 unspecified atom stereocenters. The fourth-order valence-electron chi connectivity index (χ4n) is 3.64. The minimum absolute atomic E-state index is 0.100. The minimum Gasteiger partial charge on any atom is -0.480 e. The normalized spacial score (nSPS) is 12.8. The predicted octanol–water partition coefficient (Wildman–Crippen LogP) is 3.37. The molecule has 0 spiro atoms. The monoisotopic (exact) mass is 451 g/mol. The number of nitrogens with zero attached hydrogens (tertiary/aromatic N) is 1. The van der Waals surface area contributed by atoms with E-state index in [0.29, 0.717) is 0 Å². The van der Waals surface area contributed by atoms with Crippen LogP contribution in [-0.2, 0) is 27.2 Å². The quantitative estimate of drug-likeness (QED) is 0.462. The zero-order chi connectivity index (χ0) is 24.0. The lowest BCUT2D eigenvalue weighted by molar-refractivity contribution is -0.142. The molecule has 2 atom stereocenters. The van der Waals surface area contributed by atoms with E-state index in [9.17, 15) is 19.5 Å². The molecule has 3 N–H and O–H groups in total. The van der Waals surface area contributed by atoms with Gasteiger partial charge in [0.15, 0.2) is 0 Å². The number of carboxylic acids is 1. The topological polar surface area (TPSA) is 112 Å². The van der Waals surface area contributed by atoms with Gasteiger partial charge in [0, 0.05) is 37.0 Å². The maximum absolute atomic E-state index is 13.3. The third-order valence-electron chi connectivity index (χ3n) is 5.38. The first-order valence-electron chi connectivity index (χ1n) is 10.8. The number of carbonyl (C=O) groups excluding carboxylic acids is 2. The summed E-state index contributed by atoms with van der Waals surface area (Å²) < 4.78 is 5.25. The van der Waals surface area contributed by atoms with Crippen molar-refractivity contribution < 1.29 is 24.2 Å². The van der Waals surface area contributed by atoms with E-state index in [0.717, 1.165) is 22.0 Å². The van der Waals surface area contributed by atoms with E-state index in [4.69, 9.17) is 4.74 Å². The van der Waals surface area contributed by atoms with E-state index in [1.54, 1.807) is 20.0 Å². The second-order valence-corrected chi connectivity index (χ2v) is 8.21. The van der Waals surface area contributed by atoms with Crippen LogP contribution in [0.25, 0.3) is 10.9 Å². The summed E-state index contributed by atoms with van der Waals surface area (Å²) in [6, 6.07) is 14.7. The van der Waals surface area contributed by atoms with Crippen molar-refractivity contribution in [1.29, 1.82) is 0 Å². The highest BCUT2D eigenvalue weighted by atomic mass is 16.6. The lowest BCUT2D eigenvalue weighted by Gasteiger charge is -2.28. The van der Waals surface area contributed by atoms with Crippen molar-refractivity contribution in [1.82, 2.24) is 15.2 Å². The van der Waals surface area contributed by atoms with Crippen molar-refractivity contribution in [3.05, 3.63) is 71.9 Å². The molecule has 0 aliphatic carbocycles. The number of hydrogen-bond donors (Lipinski definition) is 3. The maximum atomic E-state index is 13.3. The van der Waals surface area contributed by atoms with Gasteiger partial charge in [-0.2, -0.15) is 0 Å². The molecule has 0 aliphatic rings. The molecule has 2 amide bonds. The van der Waals surface area contributed by atoms with Crippen molar-refractivity contribution in [2.75, 3.05) is 7.05 Å². The molecular weight excluding hydrogens is 422 g/mol. The van der Waals surface area contributed by atoms with E-state index in [2.05, 4.69) is 10.3 Å². The van der Waals surface area contributed by atoms with E-state index < -0.39 is 30.1 Å². The number of carbonyl (C=O) groups is 3. The molecule has 33 heavy (non-hydrogen) atoms. The third-order valence-corrected chi connectivity index (χ3v) is 5.38. The van der Waals surface area contributed by atoms with Crippen LogP contribution < -0.4 is 5.32 Å². The van der Waals surface area contributed by atoms with E-state index >= 15 is 0 Å². The lowest BCUT2D eigenvalue weighted by atomic mass is 10.0. The number of amides is 2. The average molecular weight is 452 g/mol. The van der Waals surface area contributed by atoms with Crippen molar-refractivity contribution in [3.63, 3.8) is 0 Å². The molecular formula is C25H29N3O5. The second kappa shape index (κ2) is 10.7. The Bertz CT molecular complexity index is 1110. The number of aromatic nitrogens is 1. The number of aliphatic carboxylic acids is 1. The molecule has 8 heteroatoms. The highest BCUT2D eigenvalue weighted by Crippen LogP contribution is 2.19. The van der Waals surface area contributed by atoms with Gasteiger partial charge in [-0.05, 0) is 31.0 Å². The number of benzene rings is 2. The lowest BCUT2D eigenvalue weighted by Crippen LogP contribution is -2.53. The number of nitrogens with one attached hydrogen (secondary N) is 2. The Kier molecular flexibility index (Phi) is 7.71. The van der Waals surface area contributed by atoms with Crippen molar-refractivity contribution in [2.45, 2.75) is 44.9 Å². The van der Waals surface area contributed by atoms with Gasteiger partial charge in [0.05, 0.1) is 6.10 Å². The number of para-hydroxylation sites is 1. The van der Waals surface area contributed by atoms with Crippen LogP contribution >= 0.6 is 0 Å². The largest absolute Gasteiger partial charge is 0.480 e. The number of ether oxygens (including phenoxy) is 1. The summed E-state index contributed by atoms with van der Waals surface area (Å²) in [7, 11) is 1.48. The molecule has 0 radical (unpaired) electrons. The van der Waals surface area contributed by atoms with Crippen molar-refractivity contribution in [3.8, 4) is 0 Å². The Labute approximate surface area is 192 Å². The van der Waals surface area contributed by atoms with Gasteiger partial charge in [-0.3, -0.25) is 9.69 Å². The molecule has 0 fully saturated rings. The molecule has 174 valence electrons. The Morgan fingerprint density at radius 1 is 1.03 bits per heavy atom. The molecule has 0 aliphatic heterocycles. The zero-order valence-electron chi connectivity index (χ0n) is 18.9. The van der Waals surface area contributed by atoms with E-state index in [1.807, 2.05) is 54.6 Å². The summed E-state index contributed by atoms with van der Waals surface area (Å²) in [5, 5.41) is 13.3. The Morgan fingerprint density at radius 3 is 2.36 bits per heavy atom. The van der Waals surface area contributed by atoms with Crippen LogP contribution in [0.15, 0.2) is 60.8 Å². The number of aromatic amines is 1. The molecule has 0 saturated heterocycles. The number of fused-ring (bicyclic) bond motifs is 1. The molecule has 0 saturated carbocycles. The second-order valence-electron chi connectivity index (χ2n) is 8.21. The molecule has 2 aromatic carbocycles. The first-order valence-corrected chi connectivity index (χ1v) is 10.8. The summed E-state index contributed by atoms with van der Waals surface area (Å²) in [6.07, 6.45) is 1.07. The number of carboxylic acid groups (broad SMARTS) is 1. The van der Waals surface area contributed by atoms with Crippen molar-refractivity contribution >= 4 is 28.9 Å². The van der Waals surface area contributed by atoms with Crippen molar-refractivity contribution in [2.24, 2.45) is 0 Å². The van der Waals surface area contributed by atoms with Gasteiger partial charge in [-0.25, -0.2) is 9.59 Å². The first-order chi connectivity index (χ1) is 15.8. The number of H-pyrrole nitrogens is 1. The van der Waals surface area contributed by atoms with Crippen LogP contribution in [0.4, 0.5) is 4.79 Å².